The molecule has 0 radical (unpaired) electrons. The van der Waals surface area contributed by atoms with Crippen LogP contribution in [0.1, 0.15) is 23.3 Å². The van der Waals surface area contributed by atoms with Gasteiger partial charge in [0.2, 0.25) is 0 Å². The SMILES string of the molecule is Cn1nccc1C(=O)N1CCC[C@H](CN2CCOCC2)C1. The Bertz CT molecular complexity index is 482. The second-order valence-corrected chi connectivity index (χ2v) is 6.01. The quantitative estimate of drug-likeness (QED) is 0.819. The number of rotatable bonds is 3. The first-order valence-electron chi connectivity index (χ1n) is 7.81. The van der Waals surface area contributed by atoms with E-state index in [9.17, 15) is 4.79 Å². The number of aryl methyl sites for hydroxylation is 1. The number of hydrogen-bond donors (Lipinski definition) is 0. The molecule has 116 valence electrons. The van der Waals surface area contributed by atoms with Crippen molar-refractivity contribution in [1.29, 1.82) is 0 Å². The average Bonchev–Trinajstić information content (AvgIpc) is 2.94. The number of amides is 1. The second kappa shape index (κ2) is 6.58. The molecule has 1 aromatic heterocycles. The van der Waals surface area contributed by atoms with Gasteiger partial charge in [-0.15, -0.1) is 0 Å². The van der Waals surface area contributed by atoms with Gasteiger partial charge in [-0.05, 0) is 24.8 Å². The average molecular weight is 292 g/mol. The molecule has 0 aromatic carbocycles. The highest BCUT2D eigenvalue weighted by molar-refractivity contribution is 5.92. The number of morpholine rings is 1. The molecule has 0 aliphatic carbocycles. The van der Waals surface area contributed by atoms with Crippen molar-refractivity contribution in [2.75, 3.05) is 45.9 Å². The molecule has 2 aliphatic rings. The van der Waals surface area contributed by atoms with Crippen LogP contribution >= 0.6 is 0 Å². The summed E-state index contributed by atoms with van der Waals surface area (Å²) in [5, 5.41) is 4.09. The van der Waals surface area contributed by atoms with E-state index in [0.29, 0.717) is 11.6 Å². The summed E-state index contributed by atoms with van der Waals surface area (Å²) >= 11 is 0. The molecule has 1 aromatic rings. The maximum atomic E-state index is 12.6. The predicted molar refractivity (Wildman–Crippen MR) is 79.1 cm³/mol. The lowest BCUT2D eigenvalue weighted by atomic mass is 9.97. The Morgan fingerprint density at radius 3 is 2.90 bits per heavy atom. The summed E-state index contributed by atoms with van der Waals surface area (Å²) in [6.07, 6.45) is 3.99. The van der Waals surface area contributed by atoms with Crippen LogP contribution in [0.2, 0.25) is 0 Å². The maximum absolute atomic E-state index is 12.6. The molecule has 0 bridgehead atoms. The number of aromatic nitrogens is 2. The van der Waals surface area contributed by atoms with Gasteiger partial charge in [0.15, 0.2) is 0 Å². The van der Waals surface area contributed by atoms with Crippen LogP contribution in [-0.4, -0.2) is 71.4 Å². The summed E-state index contributed by atoms with van der Waals surface area (Å²) in [4.78, 5) is 17.0. The molecular weight excluding hydrogens is 268 g/mol. The van der Waals surface area contributed by atoms with Crippen molar-refractivity contribution in [2.45, 2.75) is 12.8 Å². The minimum absolute atomic E-state index is 0.113. The largest absolute Gasteiger partial charge is 0.379 e. The van der Waals surface area contributed by atoms with Gasteiger partial charge in [-0.2, -0.15) is 5.10 Å². The number of ether oxygens (including phenoxy) is 1. The van der Waals surface area contributed by atoms with Crippen LogP contribution in [0.5, 0.6) is 0 Å². The fourth-order valence-electron chi connectivity index (χ4n) is 3.29. The molecule has 2 aliphatic heterocycles. The van der Waals surface area contributed by atoms with Crippen LogP contribution in [0, 0.1) is 5.92 Å². The van der Waals surface area contributed by atoms with Crippen molar-refractivity contribution in [3.05, 3.63) is 18.0 Å². The van der Waals surface area contributed by atoms with Crippen LogP contribution in [0.25, 0.3) is 0 Å². The number of carbonyl (C=O) groups is 1. The van der Waals surface area contributed by atoms with Crippen LogP contribution in [0.4, 0.5) is 0 Å². The minimum Gasteiger partial charge on any atom is -0.379 e. The van der Waals surface area contributed by atoms with Gasteiger partial charge >= 0.3 is 0 Å². The molecule has 3 heterocycles. The number of nitrogens with zero attached hydrogens (tertiary/aromatic N) is 4. The monoisotopic (exact) mass is 292 g/mol. The summed E-state index contributed by atoms with van der Waals surface area (Å²) in [6.45, 7) is 6.52. The molecule has 2 saturated heterocycles. The highest BCUT2D eigenvalue weighted by Gasteiger charge is 2.27. The molecule has 2 fully saturated rings. The van der Waals surface area contributed by atoms with E-state index in [-0.39, 0.29) is 5.91 Å². The number of carbonyl (C=O) groups excluding carboxylic acids is 1. The molecule has 0 unspecified atom stereocenters. The van der Waals surface area contributed by atoms with Crippen LogP contribution in [0.15, 0.2) is 12.3 Å². The summed E-state index contributed by atoms with van der Waals surface area (Å²) in [7, 11) is 1.82. The number of piperidine rings is 1. The van der Waals surface area contributed by atoms with E-state index in [0.717, 1.165) is 52.4 Å². The molecule has 0 saturated carbocycles. The first-order chi connectivity index (χ1) is 10.2. The maximum Gasteiger partial charge on any atom is 0.272 e. The minimum atomic E-state index is 0.113. The molecule has 0 spiro atoms. The van der Waals surface area contributed by atoms with Crippen molar-refractivity contribution < 1.29 is 9.53 Å². The highest BCUT2D eigenvalue weighted by atomic mass is 16.5. The Labute approximate surface area is 125 Å². The number of hydrogen-bond acceptors (Lipinski definition) is 4. The van der Waals surface area contributed by atoms with Crippen molar-refractivity contribution in [1.82, 2.24) is 19.6 Å². The van der Waals surface area contributed by atoms with E-state index in [2.05, 4.69) is 10.00 Å². The highest BCUT2D eigenvalue weighted by Crippen LogP contribution is 2.20. The Hall–Kier alpha value is -1.40. The van der Waals surface area contributed by atoms with Gasteiger partial charge in [-0.1, -0.05) is 0 Å². The Morgan fingerprint density at radius 2 is 2.19 bits per heavy atom. The zero-order valence-electron chi connectivity index (χ0n) is 12.7. The normalized spacial score (nSPS) is 24.2. The first kappa shape index (κ1) is 14.5. The Morgan fingerprint density at radius 1 is 1.38 bits per heavy atom. The molecule has 3 rings (SSSR count). The van der Waals surface area contributed by atoms with Gasteiger partial charge in [0, 0.05) is 46.0 Å². The van der Waals surface area contributed by atoms with E-state index in [1.165, 1.54) is 6.42 Å². The fourth-order valence-corrected chi connectivity index (χ4v) is 3.29. The van der Waals surface area contributed by atoms with Gasteiger partial charge < -0.3 is 9.64 Å². The Kier molecular flexibility index (Phi) is 4.55. The van der Waals surface area contributed by atoms with Gasteiger partial charge in [-0.3, -0.25) is 14.4 Å². The van der Waals surface area contributed by atoms with E-state index in [1.54, 1.807) is 16.9 Å². The standard InChI is InChI=1S/C15H24N4O2/c1-17-14(4-5-16-17)15(20)19-6-2-3-13(12-19)11-18-7-9-21-10-8-18/h4-5,13H,2-3,6-12H2,1H3/t13-/m1/s1. The summed E-state index contributed by atoms with van der Waals surface area (Å²) in [5.74, 6) is 0.690. The lowest BCUT2D eigenvalue weighted by molar-refractivity contribution is 0.0222. The third-order valence-corrected chi connectivity index (χ3v) is 4.47. The molecule has 1 atom stereocenters. The van der Waals surface area contributed by atoms with Gasteiger partial charge in [0.05, 0.1) is 13.2 Å². The second-order valence-electron chi connectivity index (χ2n) is 6.01. The summed E-state index contributed by atoms with van der Waals surface area (Å²) in [5.41, 5.74) is 0.682. The lowest BCUT2D eigenvalue weighted by Gasteiger charge is -2.36. The third-order valence-electron chi connectivity index (χ3n) is 4.47. The first-order valence-corrected chi connectivity index (χ1v) is 7.81. The number of likely N-dealkylation sites (tertiary alicyclic amines) is 1. The van der Waals surface area contributed by atoms with E-state index in [4.69, 9.17) is 4.74 Å². The zero-order valence-corrected chi connectivity index (χ0v) is 12.7. The zero-order chi connectivity index (χ0) is 14.7. The Balaban J connectivity index is 1.57. The molecule has 6 nitrogen and oxygen atoms in total. The molecule has 1 amide bonds. The van der Waals surface area contributed by atoms with Gasteiger partial charge in [-0.25, -0.2) is 0 Å². The van der Waals surface area contributed by atoms with E-state index < -0.39 is 0 Å². The van der Waals surface area contributed by atoms with Crippen molar-refractivity contribution >= 4 is 5.91 Å². The smallest absolute Gasteiger partial charge is 0.272 e. The lowest BCUT2D eigenvalue weighted by Crippen LogP contribution is -2.46. The van der Waals surface area contributed by atoms with Crippen LogP contribution in [0.3, 0.4) is 0 Å². The molecule has 21 heavy (non-hydrogen) atoms. The topological polar surface area (TPSA) is 50.6 Å². The summed E-state index contributed by atoms with van der Waals surface area (Å²) < 4.78 is 7.06. The van der Waals surface area contributed by atoms with E-state index in [1.807, 2.05) is 11.9 Å². The van der Waals surface area contributed by atoms with Crippen LogP contribution < -0.4 is 0 Å². The van der Waals surface area contributed by atoms with Crippen LogP contribution in [-0.2, 0) is 11.8 Å². The van der Waals surface area contributed by atoms with Gasteiger partial charge in [0.1, 0.15) is 5.69 Å². The van der Waals surface area contributed by atoms with E-state index >= 15 is 0 Å². The molecular formula is C15H24N4O2. The predicted octanol–water partition coefficient (Wildman–Crippen LogP) is 0.605. The van der Waals surface area contributed by atoms with Crippen molar-refractivity contribution in [3.8, 4) is 0 Å². The van der Waals surface area contributed by atoms with Crippen molar-refractivity contribution in [3.63, 3.8) is 0 Å². The molecule has 6 heteroatoms. The van der Waals surface area contributed by atoms with Gasteiger partial charge in [0.25, 0.3) is 5.91 Å². The summed E-state index contributed by atoms with van der Waals surface area (Å²) in [6, 6.07) is 1.80. The molecule has 0 N–H and O–H groups in total. The third kappa shape index (κ3) is 3.44. The fraction of sp³-hybridized carbons (Fsp3) is 0.733. The van der Waals surface area contributed by atoms with Crippen molar-refractivity contribution in [2.24, 2.45) is 13.0 Å².